The third-order valence-electron chi connectivity index (χ3n) is 10.1. The zero-order valence-corrected chi connectivity index (χ0v) is 29.3. The van der Waals surface area contributed by atoms with E-state index in [0.717, 1.165) is 67.0 Å². The lowest BCUT2D eigenvalue weighted by atomic mass is 9.93. The maximum atomic E-state index is 14.2. The minimum absolute atomic E-state index is 0.0710. The van der Waals surface area contributed by atoms with Crippen LogP contribution in [0.5, 0.6) is 5.88 Å². The van der Waals surface area contributed by atoms with Gasteiger partial charge >= 0.3 is 0 Å². The van der Waals surface area contributed by atoms with E-state index in [1.807, 2.05) is 30.3 Å². The summed E-state index contributed by atoms with van der Waals surface area (Å²) < 4.78 is 28.3. The summed E-state index contributed by atoms with van der Waals surface area (Å²) in [6.45, 7) is 6.01. The van der Waals surface area contributed by atoms with Gasteiger partial charge in [0.15, 0.2) is 5.69 Å². The normalized spacial score (nSPS) is 18.0. The minimum Gasteiger partial charge on any atom is -0.473 e. The number of imidazole rings is 1. The molecule has 2 saturated heterocycles. The summed E-state index contributed by atoms with van der Waals surface area (Å²) in [5.41, 5.74) is 4.89. The fourth-order valence-corrected chi connectivity index (χ4v) is 7.18. The Hall–Kier alpha value is -5.35. The smallest absolute Gasteiger partial charge is 0.255 e. The van der Waals surface area contributed by atoms with E-state index < -0.39 is 5.82 Å². The number of likely N-dealkylation sites (tertiary alicyclic amines) is 1. The molecule has 8 rings (SSSR count). The monoisotopic (exact) mass is 718 g/mol. The van der Waals surface area contributed by atoms with Gasteiger partial charge in [-0.2, -0.15) is 10.4 Å². The van der Waals surface area contributed by atoms with Crippen LogP contribution in [0.15, 0.2) is 72.8 Å². The molecule has 0 spiro atoms. The van der Waals surface area contributed by atoms with Gasteiger partial charge in [-0.15, -0.1) is 0 Å². The van der Waals surface area contributed by atoms with E-state index in [-0.39, 0.29) is 29.7 Å². The number of pyridine rings is 1. The fraction of sp³-hybridized carbons (Fsp3) is 0.308. The minimum atomic E-state index is -0.402. The number of piperidine rings is 1. The molecule has 2 N–H and O–H groups in total. The average molecular weight is 719 g/mol. The summed E-state index contributed by atoms with van der Waals surface area (Å²) in [4.78, 5) is 25.6. The first-order valence-corrected chi connectivity index (χ1v) is 17.7. The summed E-state index contributed by atoms with van der Waals surface area (Å²) in [5.74, 6) is 1.00. The molecule has 2 aliphatic heterocycles. The number of hydrogen-bond acceptors (Lipinski definition) is 8. The van der Waals surface area contributed by atoms with Crippen molar-refractivity contribution in [3.8, 4) is 11.9 Å². The molecule has 6 aromatic rings. The second-order valence-electron chi connectivity index (χ2n) is 13.7. The Kier molecular flexibility index (Phi) is 9.09. The van der Waals surface area contributed by atoms with Gasteiger partial charge in [-0.3, -0.25) is 14.8 Å². The van der Waals surface area contributed by atoms with Crippen LogP contribution in [0, 0.1) is 17.1 Å². The third kappa shape index (κ3) is 6.95. The number of benzene rings is 3. The van der Waals surface area contributed by atoms with Gasteiger partial charge in [-0.05, 0) is 87.5 Å². The van der Waals surface area contributed by atoms with Gasteiger partial charge in [-0.1, -0.05) is 23.7 Å². The first kappa shape index (κ1) is 33.8. The zero-order chi connectivity index (χ0) is 35.8. The van der Waals surface area contributed by atoms with E-state index >= 15 is 0 Å². The summed E-state index contributed by atoms with van der Waals surface area (Å²) >= 11 is 5.88. The number of rotatable bonds is 10. The predicted molar refractivity (Wildman–Crippen MR) is 195 cm³/mol. The van der Waals surface area contributed by atoms with Crippen molar-refractivity contribution < 1.29 is 18.7 Å². The lowest BCUT2D eigenvalue weighted by Crippen LogP contribution is -2.45. The highest BCUT2D eigenvalue weighted by molar-refractivity contribution is 6.30. The number of aromatic amines is 1. The van der Waals surface area contributed by atoms with E-state index in [9.17, 15) is 14.4 Å². The Morgan fingerprint density at radius 1 is 1.13 bits per heavy atom. The topological polar surface area (TPSA) is 134 Å². The first-order chi connectivity index (χ1) is 25.2. The number of amides is 1. The molecule has 3 aromatic carbocycles. The number of carbonyl (C=O) groups excluding carboxylic acids is 1. The van der Waals surface area contributed by atoms with Crippen molar-refractivity contribution in [3.05, 3.63) is 112 Å². The Morgan fingerprint density at radius 2 is 1.98 bits per heavy atom. The third-order valence-corrected chi connectivity index (χ3v) is 10.3. The number of carbonyl (C=O) groups is 1. The number of halogens is 2. The molecule has 1 atom stereocenters. The van der Waals surface area contributed by atoms with E-state index in [4.69, 9.17) is 31.0 Å². The molecule has 52 heavy (non-hydrogen) atoms. The van der Waals surface area contributed by atoms with E-state index in [1.54, 1.807) is 36.4 Å². The van der Waals surface area contributed by atoms with Crippen LogP contribution in [0.2, 0.25) is 5.02 Å². The Labute approximate surface area is 304 Å². The SMILES string of the molecule is CC1(Cn2c(CN3CCC(c4cccc(OCc5ccc(Cl)cc5F)n4)CC3)nc3cc(C(=O)Nc4ccc5[nH]nc(C#N)c5c4)ccc32)CCO1. The van der Waals surface area contributed by atoms with Crippen molar-refractivity contribution in [2.45, 2.75) is 57.4 Å². The van der Waals surface area contributed by atoms with Crippen molar-refractivity contribution >= 4 is 45.1 Å². The second-order valence-corrected chi connectivity index (χ2v) is 14.2. The Bertz CT molecular complexity index is 2340. The Balaban J connectivity index is 0.956. The van der Waals surface area contributed by atoms with Gasteiger partial charge < -0.3 is 19.4 Å². The molecule has 0 radical (unpaired) electrons. The number of nitrogens with zero attached hydrogens (tertiary/aromatic N) is 6. The molecule has 0 aliphatic carbocycles. The maximum Gasteiger partial charge on any atom is 0.255 e. The van der Waals surface area contributed by atoms with Crippen LogP contribution in [0.1, 0.15) is 65.2 Å². The van der Waals surface area contributed by atoms with Gasteiger partial charge in [0, 0.05) is 51.3 Å². The molecule has 264 valence electrons. The maximum absolute atomic E-state index is 14.2. The van der Waals surface area contributed by atoms with Gasteiger partial charge in [0.05, 0.1) is 41.8 Å². The van der Waals surface area contributed by atoms with Crippen molar-refractivity contribution in [3.63, 3.8) is 0 Å². The van der Waals surface area contributed by atoms with Crippen molar-refractivity contribution in [2.24, 2.45) is 0 Å². The van der Waals surface area contributed by atoms with Crippen molar-refractivity contribution in [2.75, 3.05) is 25.0 Å². The number of anilines is 1. The van der Waals surface area contributed by atoms with Crippen LogP contribution >= 0.6 is 11.6 Å². The first-order valence-electron chi connectivity index (χ1n) is 17.3. The molecule has 11 nitrogen and oxygen atoms in total. The average Bonchev–Trinajstić information content (AvgIpc) is 3.70. The molecule has 0 saturated carbocycles. The molecular formula is C39H36ClFN8O3. The summed E-state index contributed by atoms with van der Waals surface area (Å²) in [6.07, 6.45) is 2.82. The molecule has 3 aromatic heterocycles. The van der Waals surface area contributed by atoms with Gasteiger partial charge in [0.1, 0.15) is 24.3 Å². The highest BCUT2D eigenvalue weighted by Crippen LogP contribution is 2.33. The largest absolute Gasteiger partial charge is 0.473 e. The number of ether oxygens (including phenoxy) is 2. The lowest BCUT2D eigenvalue weighted by Gasteiger charge is -2.39. The summed E-state index contributed by atoms with van der Waals surface area (Å²) in [5, 5.41) is 20.2. The number of H-pyrrole nitrogens is 1. The van der Waals surface area contributed by atoms with Crippen LogP contribution in [0.25, 0.3) is 21.9 Å². The van der Waals surface area contributed by atoms with Crippen molar-refractivity contribution in [1.29, 1.82) is 5.26 Å². The number of nitriles is 1. The van der Waals surface area contributed by atoms with Crippen LogP contribution in [-0.2, 0) is 24.4 Å². The number of hydrogen-bond donors (Lipinski definition) is 2. The lowest BCUT2D eigenvalue weighted by molar-refractivity contribution is -0.142. The molecule has 13 heteroatoms. The van der Waals surface area contributed by atoms with Crippen LogP contribution in [0.4, 0.5) is 10.1 Å². The standard InChI is InChI=1S/C39H36ClFN8O3/c1-39(13-16-52-39)23-49-35-10-6-25(38(50)43-28-8-9-32-29(19-28)34(20-42)47-46-32)17-33(35)44-36(49)21-48-14-11-24(12-15-48)31-3-2-4-37(45-31)51-22-26-5-7-27(40)18-30(26)41/h2-10,17-19,24H,11-16,21-23H2,1H3,(H,43,50)(H,46,47). The number of fused-ring (bicyclic) bond motifs is 2. The summed E-state index contributed by atoms with van der Waals surface area (Å²) in [6, 6.07) is 23.3. The van der Waals surface area contributed by atoms with Gasteiger partial charge in [0.2, 0.25) is 5.88 Å². The molecule has 1 unspecified atom stereocenters. The number of aromatic nitrogens is 5. The molecule has 0 bridgehead atoms. The molecular weight excluding hydrogens is 683 g/mol. The molecule has 2 fully saturated rings. The van der Waals surface area contributed by atoms with Crippen LogP contribution in [0.3, 0.4) is 0 Å². The van der Waals surface area contributed by atoms with Crippen LogP contribution in [-0.4, -0.2) is 60.8 Å². The molecule has 2 aliphatic rings. The number of nitrogens with one attached hydrogen (secondary N) is 2. The van der Waals surface area contributed by atoms with E-state index in [1.165, 1.54) is 6.07 Å². The zero-order valence-electron chi connectivity index (χ0n) is 28.5. The molecule has 5 heterocycles. The fourth-order valence-electron chi connectivity index (χ4n) is 7.02. The van der Waals surface area contributed by atoms with Gasteiger partial charge in [-0.25, -0.2) is 14.4 Å². The predicted octanol–water partition coefficient (Wildman–Crippen LogP) is 7.36. The van der Waals surface area contributed by atoms with E-state index in [2.05, 4.69) is 38.0 Å². The Morgan fingerprint density at radius 3 is 2.75 bits per heavy atom. The highest BCUT2D eigenvalue weighted by atomic mass is 35.5. The molecule has 1 amide bonds. The highest BCUT2D eigenvalue weighted by Gasteiger charge is 2.35. The van der Waals surface area contributed by atoms with Crippen molar-refractivity contribution in [1.82, 2.24) is 29.6 Å². The summed E-state index contributed by atoms with van der Waals surface area (Å²) in [7, 11) is 0. The quantitative estimate of drug-likeness (QED) is 0.150. The van der Waals surface area contributed by atoms with E-state index in [0.29, 0.717) is 46.2 Å². The second kappa shape index (κ2) is 14.0. The van der Waals surface area contributed by atoms with Gasteiger partial charge in [0.25, 0.3) is 5.91 Å². The van der Waals surface area contributed by atoms with Crippen LogP contribution < -0.4 is 10.1 Å².